The summed E-state index contributed by atoms with van der Waals surface area (Å²) >= 11 is 0. The quantitative estimate of drug-likeness (QED) is 0.822. The van der Waals surface area contributed by atoms with E-state index in [1.807, 2.05) is 13.0 Å². The third kappa shape index (κ3) is 2.53. The fraction of sp³-hybridized carbons (Fsp3) is 0.615. The molecule has 3 nitrogen and oxygen atoms in total. The van der Waals surface area contributed by atoms with Gasteiger partial charge < -0.3 is 10.4 Å². The highest BCUT2D eigenvalue weighted by Crippen LogP contribution is 2.29. The lowest BCUT2D eigenvalue weighted by Gasteiger charge is -2.25. The van der Waals surface area contributed by atoms with Crippen molar-refractivity contribution in [3.8, 4) is 5.75 Å². The highest BCUT2D eigenvalue weighted by Gasteiger charge is 2.27. The van der Waals surface area contributed by atoms with Gasteiger partial charge >= 0.3 is 0 Å². The van der Waals surface area contributed by atoms with Crippen LogP contribution in [0.1, 0.15) is 44.0 Å². The van der Waals surface area contributed by atoms with Gasteiger partial charge in [-0.1, -0.05) is 12.8 Å². The monoisotopic (exact) mass is 220 g/mol. The van der Waals surface area contributed by atoms with Crippen LogP contribution in [0.2, 0.25) is 0 Å². The third-order valence-corrected chi connectivity index (χ3v) is 3.48. The number of pyridine rings is 1. The Morgan fingerprint density at radius 1 is 1.38 bits per heavy atom. The number of hydrogen-bond acceptors (Lipinski definition) is 3. The van der Waals surface area contributed by atoms with E-state index >= 15 is 0 Å². The number of hydrogen-bond donors (Lipinski definition) is 2. The first-order chi connectivity index (χ1) is 7.59. The van der Waals surface area contributed by atoms with E-state index in [4.69, 9.17) is 0 Å². The Kier molecular flexibility index (Phi) is 3.15. The molecule has 1 saturated carbocycles. The zero-order valence-corrected chi connectivity index (χ0v) is 10.1. The van der Waals surface area contributed by atoms with Gasteiger partial charge in [0.1, 0.15) is 5.75 Å². The number of nitrogens with one attached hydrogen (secondary N) is 1. The summed E-state index contributed by atoms with van der Waals surface area (Å²) in [6.07, 6.45) is 5.05. The molecule has 1 fully saturated rings. The summed E-state index contributed by atoms with van der Waals surface area (Å²) < 4.78 is 0. The van der Waals surface area contributed by atoms with Gasteiger partial charge in [0.25, 0.3) is 0 Å². The topological polar surface area (TPSA) is 45.1 Å². The normalized spacial score (nSPS) is 18.9. The lowest BCUT2D eigenvalue weighted by Crippen LogP contribution is -2.39. The third-order valence-electron chi connectivity index (χ3n) is 3.48. The lowest BCUT2D eigenvalue weighted by molar-refractivity contribution is 0.355. The molecule has 0 atom stereocenters. The van der Waals surface area contributed by atoms with Crippen LogP contribution in [0.3, 0.4) is 0 Å². The molecule has 3 heteroatoms. The van der Waals surface area contributed by atoms with Crippen LogP contribution in [0.25, 0.3) is 0 Å². The van der Waals surface area contributed by atoms with Gasteiger partial charge in [0.2, 0.25) is 0 Å². The summed E-state index contributed by atoms with van der Waals surface area (Å²) in [5.41, 5.74) is 1.94. The molecule has 1 aliphatic rings. The van der Waals surface area contributed by atoms with Crippen LogP contribution in [0, 0.1) is 6.92 Å². The SMILES string of the molecule is Cc1ccc(O)c(CNC2(C)CCCC2)n1. The minimum Gasteiger partial charge on any atom is -0.506 e. The number of aryl methyl sites for hydroxylation is 1. The minimum absolute atomic E-state index is 0.234. The largest absolute Gasteiger partial charge is 0.506 e. The Hall–Kier alpha value is -1.09. The van der Waals surface area contributed by atoms with Gasteiger partial charge in [-0.25, -0.2) is 0 Å². The standard InChI is InChI=1S/C13H20N2O/c1-10-5-6-12(16)11(15-10)9-14-13(2)7-3-4-8-13/h5-6,14,16H,3-4,7-9H2,1-2H3. The van der Waals surface area contributed by atoms with E-state index in [0.29, 0.717) is 12.3 Å². The van der Waals surface area contributed by atoms with Crippen LogP contribution in [-0.4, -0.2) is 15.6 Å². The molecule has 0 aromatic carbocycles. The van der Waals surface area contributed by atoms with Crippen molar-refractivity contribution in [1.29, 1.82) is 0 Å². The molecule has 88 valence electrons. The Bertz CT molecular complexity index is 370. The van der Waals surface area contributed by atoms with Crippen LogP contribution < -0.4 is 5.32 Å². The second kappa shape index (κ2) is 4.42. The van der Waals surface area contributed by atoms with Crippen molar-refractivity contribution in [2.75, 3.05) is 0 Å². The van der Waals surface area contributed by atoms with Gasteiger partial charge in [0, 0.05) is 17.8 Å². The van der Waals surface area contributed by atoms with Gasteiger partial charge in [0.15, 0.2) is 0 Å². The molecule has 0 radical (unpaired) electrons. The average Bonchev–Trinajstić information content (AvgIpc) is 2.67. The molecular formula is C13H20N2O. The van der Waals surface area contributed by atoms with Crippen molar-refractivity contribution in [3.05, 3.63) is 23.5 Å². The molecule has 16 heavy (non-hydrogen) atoms. The van der Waals surface area contributed by atoms with Crippen LogP contribution in [0.15, 0.2) is 12.1 Å². The van der Waals surface area contributed by atoms with Gasteiger partial charge in [-0.05, 0) is 38.8 Å². The van der Waals surface area contributed by atoms with Crippen molar-refractivity contribution in [2.24, 2.45) is 0 Å². The molecule has 1 aromatic heterocycles. The number of rotatable bonds is 3. The maximum absolute atomic E-state index is 9.69. The van der Waals surface area contributed by atoms with Crippen LogP contribution in [0.4, 0.5) is 0 Å². The Morgan fingerprint density at radius 3 is 2.75 bits per heavy atom. The summed E-state index contributed by atoms with van der Waals surface area (Å²) in [6, 6.07) is 3.55. The Morgan fingerprint density at radius 2 is 2.06 bits per heavy atom. The van der Waals surface area contributed by atoms with Gasteiger partial charge in [-0.2, -0.15) is 0 Å². The van der Waals surface area contributed by atoms with E-state index in [9.17, 15) is 5.11 Å². The summed E-state index contributed by atoms with van der Waals surface area (Å²) in [4.78, 5) is 4.35. The highest BCUT2D eigenvalue weighted by molar-refractivity contribution is 5.27. The van der Waals surface area contributed by atoms with E-state index in [2.05, 4.69) is 17.2 Å². The van der Waals surface area contributed by atoms with E-state index in [-0.39, 0.29) is 5.54 Å². The number of aromatic hydroxyl groups is 1. The van der Waals surface area contributed by atoms with Gasteiger partial charge in [0.05, 0.1) is 5.69 Å². The molecular weight excluding hydrogens is 200 g/mol. The summed E-state index contributed by atoms with van der Waals surface area (Å²) in [6.45, 7) is 4.86. The van der Waals surface area contributed by atoms with Crippen LogP contribution >= 0.6 is 0 Å². The molecule has 1 heterocycles. The minimum atomic E-state index is 0.234. The number of aromatic nitrogens is 1. The van der Waals surface area contributed by atoms with E-state index < -0.39 is 0 Å². The van der Waals surface area contributed by atoms with Crippen LogP contribution in [0.5, 0.6) is 5.75 Å². The maximum atomic E-state index is 9.69. The summed E-state index contributed by atoms with van der Waals surface area (Å²) in [7, 11) is 0. The molecule has 0 saturated heterocycles. The highest BCUT2D eigenvalue weighted by atomic mass is 16.3. The Labute approximate surface area is 96.9 Å². The molecule has 1 aromatic rings. The zero-order chi connectivity index (χ0) is 11.6. The molecule has 2 N–H and O–H groups in total. The smallest absolute Gasteiger partial charge is 0.138 e. The molecule has 0 bridgehead atoms. The fourth-order valence-corrected chi connectivity index (χ4v) is 2.36. The molecule has 0 aliphatic heterocycles. The molecule has 0 unspecified atom stereocenters. The Balaban J connectivity index is 2.01. The van der Waals surface area contributed by atoms with E-state index in [1.165, 1.54) is 25.7 Å². The first-order valence-electron chi connectivity index (χ1n) is 6.00. The first kappa shape index (κ1) is 11.4. The van der Waals surface area contributed by atoms with Crippen molar-refractivity contribution >= 4 is 0 Å². The fourth-order valence-electron chi connectivity index (χ4n) is 2.36. The van der Waals surface area contributed by atoms with Crippen molar-refractivity contribution in [1.82, 2.24) is 10.3 Å². The van der Waals surface area contributed by atoms with Crippen molar-refractivity contribution < 1.29 is 5.11 Å². The van der Waals surface area contributed by atoms with Crippen LogP contribution in [-0.2, 0) is 6.54 Å². The molecule has 1 aliphatic carbocycles. The second-order valence-corrected chi connectivity index (χ2v) is 5.04. The molecule has 0 amide bonds. The van der Waals surface area contributed by atoms with Crippen molar-refractivity contribution in [3.63, 3.8) is 0 Å². The molecule has 2 rings (SSSR count). The van der Waals surface area contributed by atoms with Gasteiger partial charge in [-0.3, -0.25) is 4.98 Å². The maximum Gasteiger partial charge on any atom is 0.138 e. The van der Waals surface area contributed by atoms with E-state index in [0.717, 1.165) is 11.4 Å². The lowest BCUT2D eigenvalue weighted by atomic mass is 10.0. The van der Waals surface area contributed by atoms with E-state index in [1.54, 1.807) is 6.07 Å². The zero-order valence-electron chi connectivity index (χ0n) is 10.1. The van der Waals surface area contributed by atoms with Crippen molar-refractivity contribution in [2.45, 2.75) is 51.6 Å². The first-order valence-corrected chi connectivity index (χ1v) is 6.00. The predicted molar refractivity (Wildman–Crippen MR) is 64.4 cm³/mol. The molecule has 0 spiro atoms. The summed E-state index contributed by atoms with van der Waals surface area (Å²) in [5, 5.41) is 13.2. The van der Waals surface area contributed by atoms with Gasteiger partial charge in [-0.15, -0.1) is 0 Å². The second-order valence-electron chi connectivity index (χ2n) is 5.04. The predicted octanol–water partition coefficient (Wildman–Crippen LogP) is 2.52. The summed E-state index contributed by atoms with van der Waals surface area (Å²) in [5.74, 6) is 0.291. The number of nitrogens with zero attached hydrogens (tertiary/aromatic N) is 1. The average molecular weight is 220 g/mol.